The summed E-state index contributed by atoms with van der Waals surface area (Å²) in [6, 6.07) is 15.4. The lowest BCUT2D eigenvalue weighted by atomic mass is 10.1. The second-order valence-electron chi connectivity index (χ2n) is 6.04. The second-order valence-corrected chi connectivity index (χ2v) is 6.90. The molecule has 0 saturated carbocycles. The zero-order valence-corrected chi connectivity index (χ0v) is 17.6. The molecule has 0 aromatic heterocycles. The van der Waals surface area contributed by atoms with E-state index in [4.69, 9.17) is 9.47 Å². The predicted octanol–water partition coefficient (Wildman–Crippen LogP) is 4.51. The van der Waals surface area contributed by atoms with Gasteiger partial charge in [-0.3, -0.25) is 4.79 Å². The van der Waals surface area contributed by atoms with Gasteiger partial charge in [0.2, 0.25) is 0 Å². The van der Waals surface area contributed by atoms with Crippen LogP contribution in [-0.4, -0.2) is 26.2 Å². The van der Waals surface area contributed by atoms with E-state index < -0.39 is 5.91 Å². The van der Waals surface area contributed by atoms with Crippen LogP contribution in [0.2, 0.25) is 0 Å². The SMILES string of the molecule is CCCOc1c(Br)cc(C=C(C#N)C(=O)NCCc2ccccc2)cc1OC. The smallest absolute Gasteiger partial charge is 0.261 e. The molecule has 2 aromatic carbocycles. The highest BCUT2D eigenvalue weighted by Gasteiger charge is 2.13. The van der Waals surface area contributed by atoms with E-state index in [1.165, 1.54) is 6.08 Å². The molecule has 1 amide bonds. The lowest BCUT2D eigenvalue weighted by Crippen LogP contribution is -2.26. The van der Waals surface area contributed by atoms with Gasteiger partial charge in [-0.15, -0.1) is 0 Å². The van der Waals surface area contributed by atoms with Crippen molar-refractivity contribution in [1.29, 1.82) is 5.26 Å². The first-order valence-electron chi connectivity index (χ1n) is 9.03. The highest BCUT2D eigenvalue weighted by Crippen LogP contribution is 2.37. The Kier molecular flexibility index (Phi) is 8.57. The maximum atomic E-state index is 12.3. The summed E-state index contributed by atoms with van der Waals surface area (Å²) in [6.45, 7) is 3.04. The van der Waals surface area contributed by atoms with E-state index in [-0.39, 0.29) is 5.57 Å². The van der Waals surface area contributed by atoms with Crippen molar-refractivity contribution in [1.82, 2.24) is 5.32 Å². The summed E-state index contributed by atoms with van der Waals surface area (Å²) in [5, 5.41) is 12.2. The molecule has 0 aliphatic carbocycles. The molecule has 0 spiro atoms. The Hall–Kier alpha value is -2.78. The Morgan fingerprint density at radius 2 is 2.04 bits per heavy atom. The average molecular weight is 443 g/mol. The maximum absolute atomic E-state index is 12.3. The summed E-state index contributed by atoms with van der Waals surface area (Å²) < 4.78 is 11.8. The van der Waals surface area contributed by atoms with Gasteiger partial charge >= 0.3 is 0 Å². The number of carbonyl (C=O) groups excluding carboxylic acids is 1. The summed E-state index contributed by atoms with van der Waals surface area (Å²) >= 11 is 3.47. The van der Waals surface area contributed by atoms with Crippen molar-refractivity contribution in [2.45, 2.75) is 19.8 Å². The quantitative estimate of drug-likeness (QED) is 0.457. The number of halogens is 1. The van der Waals surface area contributed by atoms with Crippen LogP contribution in [0.3, 0.4) is 0 Å². The van der Waals surface area contributed by atoms with Crippen LogP contribution in [0, 0.1) is 11.3 Å². The number of methoxy groups -OCH3 is 1. The molecule has 0 heterocycles. The highest BCUT2D eigenvalue weighted by atomic mass is 79.9. The van der Waals surface area contributed by atoms with Crippen LogP contribution in [0.1, 0.15) is 24.5 Å². The van der Waals surface area contributed by atoms with Gasteiger partial charge in [-0.1, -0.05) is 37.3 Å². The molecule has 0 saturated heterocycles. The van der Waals surface area contributed by atoms with E-state index in [9.17, 15) is 10.1 Å². The van der Waals surface area contributed by atoms with Crippen LogP contribution in [0.15, 0.2) is 52.5 Å². The molecule has 28 heavy (non-hydrogen) atoms. The molecule has 0 bridgehead atoms. The number of rotatable bonds is 9. The number of hydrogen-bond donors (Lipinski definition) is 1. The lowest BCUT2D eigenvalue weighted by Gasteiger charge is -2.13. The molecule has 0 atom stereocenters. The summed E-state index contributed by atoms with van der Waals surface area (Å²) in [7, 11) is 1.55. The molecule has 6 heteroatoms. The van der Waals surface area contributed by atoms with Gasteiger partial charge < -0.3 is 14.8 Å². The fourth-order valence-corrected chi connectivity index (χ4v) is 3.12. The van der Waals surface area contributed by atoms with E-state index in [1.807, 2.05) is 43.3 Å². The molecular weight excluding hydrogens is 420 g/mol. The molecular formula is C22H23BrN2O3. The number of nitrogens with one attached hydrogen (secondary N) is 1. The zero-order chi connectivity index (χ0) is 20.4. The van der Waals surface area contributed by atoms with Crippen molar-refractivity contribution in [3.05, 3.63) is 63.6 Å². The minimum Gasteiger partial charge on any atom is -0.493 e. The summed E-state index contributed by atoms with van der Waals surface area (Å²) in [5.74, 6) is 0.739. The van der Waals surface area contributed by atoms with E-state index in [1.54, 1.807) is 19.2 Å². The fraction of sp³-hybridized carbons (Fsp3) is 0.273. The largest absolute Gasteiger partial charge is 0.493 e. The van der Waals surface area contributed by atoms with E-state index in [2.05, 4.69) is 21.2 Å². The van der Waals surface area contributed by atoms with Crippen molar-refractivity contribution in [3.8, 4) is 17.6 Å². The van der Waals surface area contributed by atoms with Crippen molar-refractivity contribution in [3.63, 3.8) is 0 Å². The third kappa shape index (κ3) is 6.14. The Bertz CT molecular complexity index is 873. The number of amides is 1. The van der Waals surface area contributed by atoms with Gasteiger partial charge in [0, 0.05) is 6.54 Å². The van der Waals surface area contributed by atoms with Crippen molar-refractivity contribution < 1.29 is 14.3 Å². The van der Waals surface area contributed by atoms with E-state index in [0.29, 0.717) is 41.1 Å². The van der Waals surface area contributed by atoms with Gasteiger partial charge in [0.15, 0.2) is 11.5 Å². The highest BCUT2D eigenvalue weighted by molar-refractivity contribution is 9.10. The number of nitriles is 1. The summed E-state index contributed by atoms with van der Waals surface area (Å²) in [4.78, 5) is 12.3. The Morgan fingerprint density at radius 3 is 2.68 bits per heavy atom. The number of carbonyl (C=O) groups is 1. The van der Waals surface area contributed by atoms with Crippen LogP contribution >= 0.6 is 15.9 Å². The standard InChI is InChI=1S/C22H23BrN2O3/c1-3-11-28-21-19(23)13-17(14-20(21)27-2)12-18(15-24)22(26)25-10-9-16-7-5-4-6-8-16/h4-8,12-14H,3,9-11H2,1-2H3,(H,25,26). The third-order valence-electron chi connectivity index (χ3n) is 3.92. The lowest BCUT2D eigenvalue weighted by molar-refractivity contribution is -0.117. The molecule has 2 rings (SSSR count). The Balaban J connectivity index is 2.11. The molecule has 5 nitrogen and oxygen atoms in total. The van der Waals surface area contributed by atoms with Crippen molar-refractivity contribution in [2.75, 3.05) is 20.3 Å². The topological polar surface area (TPSA) is 71.3 Å². The van der Waals surface area contributed by atoms with Crippen molar-refractivity contribution >= 4 is 27.9 Å². The van der Waals surface area contributed by atoms with Gasteiger partial charge in [-0.05, 0) is 58.1 Å². The van der Waals surface area contributed by atoms with Crippen LogP contribution in [0.25, 0.3) is 6.08 Å². The number of benzene rings is 2. The number of nitrogens with zero attached hydrogens (tertiary/aromatic N) is 1. The van der Waals surface area contributed by atoms with Gasteiger partial charge in [0.25, 0.3) is 5.91 Å². The monoisotopic (exact) mass is 442 g/mol. The van der Waals surface area contributed by atoms with E-state index in [0.717, 1.165) is 12.0 Å². The van der Waals surface area contributed by atoms with Gasteiger partial charge in [0.05, 0.1) is 18.2 Å². The molecule has 1 N–H and O–H groups in total. The molecule has 2 aromatic rings. The molecule has 0 aliphatic rings. The normalized spacial score (nSPS) is 10.9. The Labute approximate surface area is 174 Å². The third-order valence-corrected chi connectivity index (χ3v) is 4.51. The molecule has 0 radical (unpaired) electrons. The minimum absolute atomic E-state index is 0.0317. The van der Waals surface area contributed by atoms with Gasteiger partial charge in [-0.2, -0.15) is 5.26 Å². The molecule has 0 unspecified atom stereocenters. The van der Waals surface area contributed by atoms with Crippen LogP contribution < -0.4 is 14.8 Å². The average Bonchev–Trinajstić information content (AvgIpc) is 2.71. The Morgan fingerprint density at radius 1 is 1.29 bits per heavy atom. The van der Waals surface area contributed by atoms with Crippen LogP contribution in [-0.2, 0) is 11.2 Å². The van der Waals surface area contributed by atoms with Crippen LogP contribution in [0.5, 0.6) is 11.5 Å². The zero-order valence-electron chi connectivity index (χ0n) is 16.0. The predicted molar refractivity (Wildman–Crippen MR) is 113 cm³/mol. The number of hydrogen-bond acceptors (Lipinski definition) is 4. The first kappa shape index (κ1) is 21.5. The maximum Gasteiger partial charge on any atom is 0.261 e. The van der Waals surface area contributed by atoms with E-state index >= 15 is 0 Å². The molecule has 0 aliphatic heterocycles. The molecule has 0 fully saturated rings. The summed E-state index contributed by atoms with van der Waals surface area (Å²) in [5.41, 5.74) is 1.83. The second kappa shape index (κ2) is 11.2. The first-order valence-corrected chi connectivity index (χ1v) is 9.82. The van der Waals surface area contributed by atoms with Gasteiger partial charge in [0.1, 0.15) is 11.6 Å². The van der Waals surface area contributed by atoms with Gasteiger partial charge in [-0.25, -0.2) is 0 Å². The van der Waals surface area contributed by atoms with Crippen molar-refractivity contribution in [2.24, 2.45) is 0 Å². The van der Waals surface area contributed by atoms with Crippen LogP contribution in [0.4, 0.5) is 0 Å². The minimum atomic E-state index is -0.403. The number of ether oxygens (including phenoxy) is 2. The first-order chi connectivity index (χ1) is 13.6. The summed E-state index contributed by atoms with van der Waals surface area (Å²) in [6.07, 6.45) is 3.11. The molecule has 146 valence electrons. The fourth-order valence-electron chi connectivity index (χ4n) is 2.54.